The molecule has 0 saturated heterocycles. The van der Waals surface area contributed by atoms with Crippen molar-refractivity contribution in [1.82, 2.24) is 9.55 Å². The minimum atomic E-state index is 0.0445. The van der Waals surface area contributed by atoms with Crippen molar-refractivity contribution in [3.63, 3.8) is 0 Å². The van der Waals surface area contributed by atoms with Crippen LogP contribution >= 0.6 is 12.6 Å². The minimum Gasteiger partial charge on any atom is -0.296 e. The van der Waals surface area contributed by atoms with Gasteiger partial charge in [-0.2, -0.15) is 12.6 Å². The molecule has 0 aromatic carbocycles. The summed E-state index contributed by atoms with van der Waals surface area (Å²) in [6, 6.07) is 1.60. The zero-order chi connectivity index (χ0) is 13.1. The van der Waals surface area contributed by atoms with E-state index in [0.29, 0.717) is 6.54 Å². The molecule has 17 heavy (non-hydrogen) atoms. The highest BCUT2D eigenvalue weighted by molar-refractivity contribution is 7.80. The first-order chi connectivity index (χ1) is 7.98. The summed E-state index contributed by atoms with van der Waals surface area (Å²) < 4.78 is 1.77. The van der Waals surface area contributed by atoms with Gasteiger partial charge >= 0.3 is 0 Å². The number of hydrogen-bond donors (Lipinski definition) is 1. The summed E-state index contributed by atoms with van der Waals surface area (Å²) in [7, 11) is 0. The highest BCUT2D eigenvalue weighted by Crippen LogP contribution is 2.29. The Bertz CT molecular complexity index is 427. The van der Waals surface area contributed by atoms with E-state index in [1.54, 1.807) is 10.6 Å². The Morgan fingerprint density at radius 1 is 1.35 bits per heavy atom. The fraction of sp³-hybridized carbons (Fsp3) is 0.692. The van der Waals surface area contributed by atoms with Gasteiger partial charge in [-0.1, -0.05) is 13.8 Å². The first-order valence-corrected chi connectivity index (χ1v) is 6.77. The number of aryl methyl sites for hydroxylation is 2. The van der Waals surface area contributed by atoms with Gasteiger partial charge in [-0.05, 0) is 37.9 Å². The van der Waals surface area contributed by atoms with E-state index in [1.165, 1.54) is 0 Å². The van der Waals surface area contributed by atoms with E-state index in [1.807, 2.05) is 13.8 Å². The number of thiol groups is 1. The van der Waals surface area contributed by atoms with E-state index in [4.69, 9.17) is 0 Å². The van der Waals surface area contributed by atoms with Crippen molar-refractivity contribution in [2.45, 2.75) is 47.1 Å². The van der Waals surface area contributed by atoms with E-state index in [9.17, 15) is 4.79 Å². The second-order valence-corrected chi connectivity index (χ2v) is 5.05. The van der Waals surface area contributed by atoms with Gasteiger partial charge in [0, 0.05) is 18.3 Å². The lowest BCUT2D eigenvalue weighted by molar-refractivity contribution is 0.251. The summed E-state index contributed by atoms with van der Waals surface area (Å²) >= 11 is 4.44. The highest BCUT2D eigenvalue weighted by Gasteiger charge is 2.26. The van der Waals surface area contributed by atoms with E-state index in [2.05, 4.69) is 31.5 Å². The van der Waals surface area contributed by atoms with Crippen LogP contribution in [0.4, 0.5) is 0 Å². The smallest absolute Gasteiger partial charge is 0.253 e. The van der Waals surface area contributed by atoms with E-state index >= 15 is 0 Å². The lowest BCUT2D eigenvalue weighted by Crippen LogP contribution is -2.34. The van der Waals surface area contributed by atoms with Crippen molar-refractivity contribution >= 4 is 12.6 Å². The van der Waals surface area contributed by atoms with Crippen molar-refractivity contribution in [2.75, 3.05) is 5.75 Å². The van der Waals surface area contributed by atoms with Gasteiger partial charge in [-0.3, -0.25) is 9.36 Å². The molecule has 0 spiro atoms. The number of nitrogens with zero attached hydrogens (tertiary/aromatic N) is 2. The van der Waals surface area contributed by atoms with Crippen LogP contribution in [0.25, 0.3) is 0 Å². The Labute approximate surface area is 109 Å². The molecule has 0 aliphatic heterocycles. The summed E-state index contributed by atoms with van der Waals surface area (Å²) in [5, 5.41) is 0. The first kappa shape index (κ1) is 14.3. The molecule has 1 rings (SSSR count). The van der Waals surface area contributed by atoms with Crippen LogP contribution in [0.3, 0.4) is 0 Å². The molecule has 0 unspecified atom stereocenters. The third-order valence-electron chi connectivity index (χ3n) is 3.66. The molecular formula is C13H22N2OS. The van der Waals surface area contributed by atoms with Crippen LogP contribution in [-0.2, 0) is 6.54 Å². The Balaban J connectivity index is 3.14. The SMILES string of the molecule is CCC(CC)(CS)Cn1c(C)nc(C)cc1=O. The predicted octanol–water partition coefficient (Wildman–Crippen LogP) is 2.60. The summed E-state index contributed by atoms with van der Waals surface area (Å²) in [6.45, 7) is 8.76. The summed E-state index contributed by atoms with van der Waals surface area (Å²) in [4.78, 5) is 16.3. The molecule has 0 amide bonds. The molecule has 3 nitrogen and oxygen atoms in total. The number of aromatic nitrogens is 2. The molecule has 1 aromatic heterocycles. The van der Waals surface area contributed by atoms with Crippen LogP contribution in [0.15, 0.2) is 10.9 Å². The molecule has 1 aromatic rings. The number of rotatable bonds is 5. The van der Waals surface area contributed by atoms with Crippen LogP contribution in [-0.4, -0.2) is 15.3 Å². The molecule has 0 aliphatic carbocycles. The molecule has 0 bridgehead atoms. The zero-order valence-electron chi connectivity index (χ0n) is 11.2. The minimum absolute atomic E-state index is 0.0445. The predicted molar refractivity (Wildman–Crippen MR) is 74.8 cm³/mol. The topological polar surface area (TPSA) is 34.9 Å². The van der Waals surface area contributed by atoms with Crippen molar-refractivity contribution in [1.29, 1.82) is 0 Å². The van der Waals surface area contributed by atoms with Crippen molar-refractivity contribution < 1.29 is 0 Å². The summed E-state index contributed by atoms with van der Waals surface area (Å²) in [5.41, 5.74) is 0.922. The van der Waals surface area contributed by atoms with Gasteiger partial charge in [-0.15, -0.1) is 0 Å². The van der Waals surface area contributed by atoms with Gasteiger partial charge in [0.05, 0.1) is 0 Å². The molecule has 4 heteroatoms. The van der Waals surface area contributed by atoms with E-state index in [-0.39, 0.29) is 11.0 Å². The zero-order valence-corrected chi connectivity index (χ0v) is 12.1. The fourth-order valence-corrected chi connectivity index (χ4v) is 2.59. The second kappa shape index (κ2) is 5.71. The van der Waals surface area contributed by atoms with E-state index < -0.39 is 0 Å². The van der Waals surface area contributed by atoms with Gasteiger partial charge in [0.1, 0.15) is 5.82 Å². The van der Waals surface area contributed by atoms with Gasteiger partial charge in [0.15, 0.2) is 0 Å². The Kier molecular flexibility index (Phi) is 4.80. The van der Waals surface area contributed by atoms with Crippen molar-refractivity contribution in [3.05, 3.63) is 27.9 Å². The maximum atomic E-state index is 12.0. The van der Waals surface area contributed by atoms with Crippen LogP contribution in [0, 0.1) is 19.3 Å². The quantitative estimate of drug-likeness (QED) is 0.820. The van der Waals surface area contributed by atoms with Gasteiger partial charge in [0.2, 0.25) is 0 Å². The van der Waals surface area contributed by atoms with Crippen molar-refractivity contribution in [2.24, 2.45) is 5.41 Å². The Morgan fingerprint density at radius 2 is 1.94 bits per heavy atom. The highest BCUT2D eigenvalue weighted by atomic mass is 32.1. The fourth-order valence-electron chi connectivity index (χ4n) is 2.04. The van der Waals surface area contributed by atoms with Crippen LogP contribution in [0.1, 0.15) is 38.2 Å². The molecule has 1 heterocycles. The Hall–Kier alpha value is -0.770. The molecule has 0 N–H and O–H groups in total. The van der Waals surface area contributed by atoms with Crippen LogP contribution in [0.5, 0.6) is 0 Å². The third kappa shape index (κ3) is 3.12. The molecule has 0 radical (unpaired) electrons. The standard InChI is InChI=1S/C13H22N2OS/c1-5-13(6-2,9-17)8-15-11(4)14-10(3)7-12(15)16/h7,17H,5-6,8-9H2,1-4H3. The van der Waals surface area contributed by atoms with Crippen molar-refractivity contribution in [3.8, 4) is 0 Å². The van der Waals surface area contributed by atoms with Gasteiger partial charge < -0.3 is 0 Å². The summed E-state index contributed by atoms with van der Waals surface area (Å²) in [6.07, 6.45) is 2.04. The molecule has 0 fully saturated rings. The Morgan fingerprint density at radius 3 is 2.35 bits per heavy atom. The second-order valence-electron chi connectivity index (χ2n) is 4.73. The first-order valence-electron chi connectivity index (χ1n) is 6.14. The molecule has 0 atom stereocenters. The average Bonchev–Trinajstić information content (AvgIpc) is 2.29. The normalized spacial score (nSPS) is 11.8. The monoisotopic (exact) mass is 254 g/mol. The number of hydrogen-bond acceptors (Lipinski definition) is 3. The maximum Gasteiger partial charge on any atom is 0.253 e. The molecule has 96 valence electrons. The third-order valence-corrected chi connectivity index (χ3v) is 4.33. The van der Waals surface area contributed by atoms with E-state index in [0.717, 1.165) is 30.1 Å². The lowest BCUT2D eigenvalue weighted by Gasteiger charge is -2.31. The average molecular weight is 254 g/mol. The maximum absolute atomic E-state index is 12.0. The molecule has 0 aliphatic rings. The van der Waals surface area contributed by atoms with Crippen LogP contribution < -0.4 is 5.56 Å². The summed E-state index contributed by atoms with van der Waals surface area (Å²) in [5.74, 6) is 1.59. The van der Waals surface area contributed by atoms with Gasteiger partial charge in [0.25, 0.3) is 5.56 Å². The molecule has 0 saturated carbocycles. The molecular weight excluding hydrogens is 232 g/mol. The largest absolute Gasteiger partial charge is 0.296 e. The van der Waals surface area contributed by atoms with Gasteiger partial charge in [-0.25, -0.2) is 4.98 Å². The lowest BCUT2D eigenvalue weighted by atomic mass is 9.84. The van der Waals surface area contributed by atoms with Crippen LogP contribution in [0.2, 0.25) is 0 Å².